The number of hydrogen-bond acceptors (Lipinski definition) is 7. The van der Waals surface area contributed by atoms with Crippen LogP contribution in [0.25, 0.3) is 0 Å². The first-order valence-electron chi connectivity index (χ1n) is 9.33. The summed E-state index contributed by atoms with van der Waals surface area (Å²) in [6, 6.07) is 5.50. The Bertz CT molecular complexity index is 840. The molecule has 0 unspecified atom stereocenters. The van der Waals surface area contributed by atoms with Crippen LogP contribution in [0.1, 0.15) is 56.7 Å². The Morgan fingerprint density at radius 3 is 2.75 bits per heavy atom. The van der Waals surface area contributed by atoms with Gasteiger partial charge in [0.2, 0.25) is 0 Å². The third kappa shape index (κ3) is 5.19. The maximum atomic E-state index is 12.2. The van der Waals surface area contributed by atoms with E-state index in [1.165, 1.54) is 6.20 Å². The van der Waals surface area contributed by atoms with Crippen LogP contribution in [0.5, 0.6) is 0 Å². The van der Waals surface area contributed by atoms with Crippen LogP contribution in [0, 0.1) is 11.3 Å². The number of nitrogens with zero attached hydrogens (tertiary/aromatic N) is 5. The Morgan fingerprint density at radius 1 is 1.39 bits per heavy atom. The van der Waals surface area contributed by atoms with Crippen molar-refractivity contribution in [3.8, 4) is 6.07 Å². The smallest absolute Gasteiger partial charge is 0.410 e. The molecule has 1 aliphatic rings. The molecule has 0 aliphatic carbocycles. The second-order valence-electron chi connectivity index (χ2n) is 7.78. The first-order valence-corrected chi connectivity index (χ1v) is 9.33. The van der Waals surface area contributed by atoms with Crippen molar-refractivity contribution in [2.24, 2.45) is 0 Å². The molecule has 0 saturated carbocycles. The van der Waals surface area contributed by atoms with Crippen LogP contribution in [0.15, 0.2) is 18.3 Å². The van der Waals surface area contributed by atoms with Crippen LogP contribution >= 0.6 is 0 Å². The lowest BCUT2D eigenvalue weighted by Crippen LogP contribution is -2.41. The number of hydrogen-bond donors (Lipinski definition) is 2. The lowest BCUT2D eigenvalue weighted by molar-refractivity contribution is 0.0203. The fourth-order valence-corrected chi connectivity index (χ4v) is 2.96. The van der Waals surface area contributed by atoms with Crippen LogP contribution in [0.2, 0.25) is 0 Å². The molecule has 0 atom stereocenters. The number of nitrogens with one attached hydrogen (secondary N) is 2. The summed E-state index contributed by atoms with van der Waals surface area (Å²) in [5, 5.41) is 19.2. The SMILES string of the molecule is CC(C)(C)OC(=O)N1CCC(c2n[nH]c(CNc3ccc(C#N)cn3)n2)CC1. The van der Waals surface area contributed by atoms with E-state index in [9.17, 15) is 4.79 Å². The summed E-state index contributed by atoms with van der Waals surface area (Å²) in [4.78, 5) is 22.6. The van der Waals surface area contributed by atoms with Crippen LogP contribution in [0.4, 0.5) is 10.6 Å². The van der Waals surface area contributed by atoms with Gasteiger partial charge in [0.05, 0.1) is 12.1 Å². The molecule has 148 valence electrons. The van der Waals surface area contributed by atoms with E-state index in [2.05, 4.69) is 25.5 Å². The maximum absolute atomic E-state index is 12.2. The third-order valence-corrected chi connectivity index (χ3v) is 4.39. The number of rotatable bonds is 4. The summed E-state index contributed by atoms with van der Waals surface area (Å²) in [6.07, 6.45) is 2.87. The number of piperidine rings is 1. The van der Waals surface area contributed by atoms with Crippen molar-refractivity contribution in [2.45, 2.75) is 51.7 Å². The zero-order chi connectivity index (χ0) is 20.1. The Balaban J connectivity index is 1.49. The predicted octanol–water partition coefficient (Wildman–Crippen LogP) is 2.80. The Hall–Kier alpha value is -3.15. The minimum atomic E-state index is -0.483. The average Bonchev–Trinajstić information content (AvgIpc) is 3.14. The maximum Gasteiger partial charge on any atom is 0.410 e. The molecule has 3 heterocycles. The lowest BCUT2D eigenvalue weighted by atomic mass is 9.96. The molecule has 9 heteroatoms. The summed E-state index contributed by atoms with van der Waals surface area (Å²) in [7, 11) is 0. The molecule has 1 amide bonds. The lowest BCUT2D eigenvalue weighted by Gasteiger charge is -2.32. The zero-order valence-electron chi connectivity index (χ0n) is 16.4. The highest BCUT2D eigenvalue weighted by molar-refractivity contribution is 5.68. The Morgan fingerprint density at radius 2 is 2.14 bits per heavy atom. The number of carbonyl (C=O) groups is 1. The second kappa shape index (κ2) is 8.25. The van der Waals surface area contributed by atoms with E-state index < -0.39 is 5.60 Å². The summed E-state index contributed by atoms with van der Waals surface area (Å²) >= 11 is 0. The average molecular weight is 383 g/mol. The van der Waals surface area contributed by atoms with Crippen molar-refractivity contribution in [3.63, 3.8) is 0 Å². The number of ether oxygens (including phenoxy) is 1. The number of aromatic amines is 1. The Labute approximate surface area is 164 Å². The number of H-pyrrole nitrogens is 1. The molecule has 0 bridgehead atoms. The van der Waals surface area contributed by atoms with Crippen LogP contribution in [-0.2, 0) is 11.3 Å². The molecule has 2 aromatic rings. The summed E-state index contributed by atoms with van der Waals surface area (Å²) in [6.45, 7) is 7.34. The van der Waals surface area contributed by atoms with E-state index in [4.69, 9.17) is 10.00 Å². The number of pyridine rings is 1. The molecule has 1 saturated heterocycles. The van der Waals surface area contributed by atoms with Crippen molar-refractivity contribution in [3.05, 3.63) is 35.5 Å². The van der Waals surface area contributed by atoms with Gasteiger partial charge in [-0.3, -0.25) is 5.10 Å². The van der Waals surface area contributed by atoms with Gasteiger partial charge in [0.15, 0.2) is 5.82 Å². The van der Waals surface area contributed by atoms with Gasteiger partial charge in [-0.05, 0) is 45.7 Å². The molecule has 9 nitrogen and oxygen atoms in total. The number of nitriles is 1. The molecule has 2 N–H and O–H groups in total. The van der Waals surface area contributed by atoms with Gasteiger partial charge in [-0.2, -0.15) is 10.4 Å². The monoisotopic (exact) mass is 383 g/mol. The Kier molecular flexibility index (Phi) is 5.78. The molecular formula is C19H25N7O2. The van der Waals surface area contributed by atoms with Gasteiger partial charge in [-0.1, -0.05) is 0 Å². The first kappa shape index (κ1) is 19.6. The van der Waals surface area contributed by atoms with Gasteiger partial charge in [0.25, 0.3) is 0 Å². The molecule has 1 aliphatic heterocycles. The van der Waals surface area contributed by atoms with Crippen LogP contribution in [0.3, 0.4) is 0 Å². The molecule has 1 fully saturated rings. The van der Waals surface area contributed by atoms with Gasteiger partial charge in [0.1, 0.15) is 23.3 Å². The minimum absolute atomic E-state index is 0.219. The van der Waals surface area contributed by atoms with Crippen molar-refractivity contribution in [1.29, 1.82) is 5.26 Å². The number of anilines is 1. The summed E-state index contributed by atoms with van der Waals surface area (Å²) < 4.78 is 5.43. The fourth-order valence-electron chi connectivity index (χ4n) is 2.96. The van der Waals surface area contributed by atoms with E-state index >= 15 is 0 Å². The van der Waals surface area contributed by atoms with Gasteiger partial charge in [-0.15, -0.1) is 0 Å². The third-order valence-electron chi connectivity index (χ3n) is 4.39. The van der Waals surface area contributed by atoms with Gasteiger partial charge < -0.3 is 15.0 Å². The number of likely N-dealkylation sites (tertiary alicyclic amines) is 1. The molecule has 3 rings (SSSR count). The van der Waals surface area contributed by atoms with E-state index in [1.807, 2.05) is 26.8 Å². The fraction of sp³-hybridized carbons (Fsp3) is 0.526. The molecule has 0 aromatic carbocycles. The first-order chi connectivity index (χ1) is 13.3. The minimum Gasteiger partial charge on any atom is -0.444 e. The molecule has 2 aromatic heterocycles. The summed E-state index contributed by atoms with van der Waals surface area (Å²) in [5.74, 6) is 2.38. The highest BCUT2D eigenvalue weighted by Gasteiger charge is 2.29. The standard InChI is InChI=1S/C19H25N7O2/c1-19(2,3)28-18(27)26-8-6-14(7-9-26)17-23-16(24-25-17)12-22-15-5-4-13(10-20)11-21-15/h4-5,11,14H,6-9,12H2,1-3H3,(H,21,22)(H,23,24,25). The van der Waals surface area contributed by atoms with E-state index in [-0.39, 0.29) is 12.0 Å². The van der Waals surface area contributed by atoms with Crippen molar-refractivity contribution < 1.29 is 9.53 Å². The van der Waals surface area contributed by atoms with Gasteiger partial charge in [-0.25, -0.2) is 14.8 Å². The van der Waals surface area contributed by atoms with Crippen LogP contribution in [-0.4, -0.2) is 49.8 Å². The number of amides is 1. The predicted molar refractivity (Wildman–Crippen MR) is 102 cm³/mol. The topological polar surface area (TPSA) is 120 Å². The van der Waals surface area contributed by atoms with Crippen molar-refractivity contribution in [1.82, 2.24) is 25.1 Å². The molecule has 0 spiro atoms. The van der Waals surface area contributed by atoms with Crippen LogP contribution < -0.4 is 5.32 Å². The van der Waals surface area contributed by atoms with E-state index in [0.29, 0.717) is 31.0 Å². The normalized spacial score (nSPS) is 15.1. The quantitative estimate of drug-likeness (QED) is 0.833. The van der Waals surface area contributed by atoms with E-state index in [0.717, 1.165) is 24.5 Å². The van der Waals surface area contributed by atoms with Crippen molar-refractivity contribution >= 4 is 11.9 Å². The highest BCUT2D eigenvalue weighted by Crippen LogP contribution is 2.26. The molecule has 0 radical (unpaired) electrons. The van der Waals surface area contributed by atoms with Gasteiger partial charge >= 0.3 is 6.09 Å². The largest absolute Gasteiger partial charge is 0.444 e. The zero-order valence-corrected chi connectivity index (χ0v) is 16.4. The molecule has 28 heavy (non-hydrogen) atoms. The second-order valence-corrected chi connectivity index (χ2v) is 7.78. The van der Waals surface area contributed by atoms with Crippen molar-refractivity contribution in [2.75, 3.05) is 18.4 Å². The van der Waals surface area contributed by atoms with E-state index in [1.54, 1.807) is 17.0 Å². The highest BCUT2D eigenvalue weighted by atomic mass is 16.6. The molecular weight excluding hydrogens is 358 g/mol. The number of carbonyl (C=O) groups excluding carboxylic acids is 1. The van der Waals surface area contributed by atoms with Gasteiger partial charge in [0, 0.05) is 25.2 Å². The summed E-state index contributed by atoms with van der Waals surface area (Å²) in [5.41, 5.74) is 0.0360. The number of aromatic nitrogens is 4.